The van der Waals surface area contributed by atoms with E-state index in [0.717, 1.165) is 19.3 Å². The van der Waals surface area contributed by atoms with E-state index in [4.69, 9.17) is 0 Å². The number of hydrogen-bond donors (Lipinski definition) is 2. The van der Waals surface area contributed by atoms with Gasteiger partial charge < -0.3 is 10.4 Å². The lowest BCUT2D eigenvalue weighted by molar-refractivity contribution is -0.130. The number of carboxylic acid groups (broad SMARTS) is 1. The maximum Gasteiger partial charge on any atom is 0.336 e. The number of benzene rings is 2. The molecule has 2 N–H and O–H groups in total. The Morgan fingerprint density at radius 1 is 1.10 bits per heavy atom. The molecule has 1 fully saturated rings. The van der Waals surface area contributed by atoms with Crippen LogP contribution in [-0.4, -0.2) is 22.8 Å². The molecule has 6 heteroatoms. The lowest BCUT2D eigenvalue weighted by Crippen LogP contribution is -2.40. The molecular weight excluding hydrogens is 397 g/mol. The van der Waals surface area contributed by atoms with Crippen molar-refractivity contribution < 1.29 is 23.9 Å². The van der Waals surface area contributed by atoms with Crippen LogP contribution in [0.4, 0.5) is 4.39 Å². The molecule has 2 aromatic carbocycles. The molecule has 5 nitrogen and oxygen atoms in total. The summed E-state index contributed by atoms with van der Waals surface area (Å²) in [5.41, 5.74) is 1.27. The van der Waals surface area contributed by atoms with Crippen molar-refractivity contribution in [1.82, 2.24) is 5.32 Å². The van der Waals surface area contributed by atoms with Gasteiger partial charge in [0.15, 0.2) is 0 Å². The van der Waals surface area contributed by atoms with Gasteiger partial charge in [-0.3, -0.25) is 9.59 Å². The third-order valence-electron chi connectivity index (χ3n) is 5.63. The van der Waals surface area contributed by atoms with Gasteiger partial charge in [-0.15, -0.1) is 0 Å². The van der Waals surface area contributed by atoms with Crippen molar-refractivity contribution in [3.05, 3.63) is 70.5 Å². The molecule has 0 saturated heterocycles. The molecule has 3 rings (SSSR count). The van der Waals surface area contributed by atoms with Crippen LogP contribution in [0.1, 0.15) is 79.0 Å². The van der Waals surface area contributed by atoms with Gasteiger partial charge in [0.2, 0.25) is 5.91 Å². The second-order valence-electron chi connectivity index (χ2n) is 7.62. The lowest BCUT2D eigenvalue weighted by atomic mass is 9.76. The fourth-order valence-electron chi connectivity index (χ4n) is 3.95. The molecule has 0 bridgehead atoms. The molecular formula is C25H30FNO4. The topological polar surface area (TPSA) is 83.5 Å². The third-order valence-corrected chi connectivity index (χ3v) is 5.63. The normalized spacial score (nSPS) is 15.0. The summed E-state index contributed by atoms with van der Waals surface area (Å²) < 4.78 is 13.8. The molecule has 166 valence electrons. The SMILES string of the molecule is CC.CC(=O)C(C(=O)N[C@H](c1cccc(F)c1)C1CCC1)c1cccc(C)c1C(=O)O. The highest BCUT2D eigenvalue weighted by atomic mass is 19.1. The highest BCUT2D eigenvalue weighted by molar-refractivity contribution is 6.08. The zero-order chi connectivity index (χ0) is 23.1. The van der Waals surface area contributed by atoms with Gasteiger partial charge in [0.25, 0.3) is 0 Å². The van der Waals surface area contributed by atoms with Crippen molar-refractivity contribution >= 4 is 17.7 Å². The van der Waals surface area contributed by atoms with E-state index >= 15 is 0 Å². The van der Waals surface area contributed by atoms with Crippen LogP contribution in [0.25, 0.3) is 0 Å². The zero-order valence-electron chi connectivity index (χ0n) is 18.4. The highest BCUT2D eigenvalue weighted by Gasteiger charge is 2.35. The third kappa shape index (κ3) is 5.57. The highest BCUT2D eigenvalue weighted by Crippen LogP contribution is 2.38. The quantitative estimate of drug-likeness (QED) is 0.596. The fraction of sp³-hybridized carbons (Fsp3) is 0.400. The average molecular weight is 428 g/mol. The van der Waals surface area contributed by atoms with Gasteiger partial charge in [0.05, 0.1) is 11.6 Å². The Balaban J connectivity index is 0.00000166. The van der Waals surface area contributed by atoms with Crippen molar-refractivity contribution in [2.45, 2.75) is 58.9 Å². The Morgan fingerprint density at radius 2 is 1.74 bits per heavy atom. The van der Waals surface area contributed by atoms with Crippen LogP contribution in [0.15, 0.2) is 42.5 Å². The summed E-state index contributed by atoms with van der Waals surface area (Å²) in [4.78, 5) is 37.3. The smallest absolute Gasteiger partial charge is 0.336 e. The number of aryl methyl sites for hydroxylation is 1. The number of hydrogen-bond acceptors (Lipinski definition) is 3. The van der Waals surface area contributed by atoms with Gasteiger partial charge >= 0.3 is 5.97 Å². The van der Waals surface area contributed by atoms with E-state index in [1.54, 1.807) is 31.2 Å². The van der Waals surface area contributed by atoms with E-state index < -0.39 is 35.4 Å². The lowest BCUT2D eigenvalue weighted by Gasteiger charge is -2.35. The predicted molar refractivity (Wildman–Crippen MR) is 118 cm³/mol. The molecule has 31 heavy (non-hydrogen) atoms. The van der Waals surface area contributed by atoms with E-state index in [9.17, 15) is 23.9 Å². The van der Waals surface area contributed by atoms with Crippen molar-refractivity contribution in [2.75, 3.05) is 0 Å². The molecule has 1 aliphatic rings. The Labute approximate surface area is 182 Å². The second kappa shape index (κ2) is 10.8. The molecule has 1 amide bonds. The molecule has 1 aliphatic carbocycles. The second-order valence-corrected chi connectivity index (χ2v) is 7.62. The zero-order valence-corrected chi connectivity index (χ0v) is 18.4. The predicted octanol–water partition coefficient (Wildman–Crippen LogP) is 5.19. The van der Waals surface area contributed by atoms with Crippen LogP contribution in [0.3, 0.4) is 0 Å². The molecule has 0 radical (unpaired) electrons. The van der Waals surface area contributed by atoms with Crippen molar-refractivity contribution in [1.29, 1.82) is 0 Å². The number of Topliss-reactive ketones (excluding diaryl/α,β-unsaturated/α-hetero) is 1. The summed E-state index contributed by atoms with van der Waals surface area (Å²) in [5.74, 6) is -3.66. The maximum absolute atomic E-state index is 13.8. The van der Waals surface area contributed by atoms with E-state index in [0.29, 0.717) is 11.1 Å². The van der Waals surface area contributed by atoms with E-state index in [-0.39, 0.29) is 17.0 Å². The minimum Gasteiger partial charge on any atom is -0.478 e. The summed E-state index contributed by atoms with van der Waals surface area (Å²) in [7, 11) is 0. The van der Waals surface area contributed by atoms with Crippen LogP contribution in [0, 0.1) is 18.7 Å². The molecule has 0 aliphatic heterocycles. The number of carbonyl (C=O) groups is 3. The van der Waals surface area contributed by atoms with Crippen molar-refractivity contribution in [3.63, 3.8) is 0 Å². The van der Waals surface area contributed by atoms with Crippen molar-refractivity contribution in [2.24, 2.45) is 5.92 Å². The summed E-state index contributed by atoms with van der Waals surface area (Å²) in [6.45, 7) is 6.91. The minimum atomic E-state index is -1.24. The van der Waals surface area contributed by atoms with E-state index in [1.165, 1.54) is 25.1 Å². The van der Waals surface area contributed by atoms with Crippen molar-refractivity contribution in [3.8, 4) is 0 Å². The fourth-order valence-corrected chi connectivity index (χ4v) is 3.95. The summed E-state index contributed by atoms with van der Waals surface area (Å²) in [5, 5.41) is 12.5. The van der Waals surface area contributed by atoms with Crippen LogP contribution >= 0.6 is 0 Å². The molecule has 0 spiro atoms. The van der Waals surface area contributed by atoms with Crippen LogP contribution in [-0.2, 0) is 9.59 Å². The Kier molecular flexibility index (Phi) is 8.48. The molecule has 1 saturated carbocycles. The molecule has 0 aromatic heterocycles. The van der Waals surface area contributed by atoms with Gasteiger partial charge in [0.1, 0.15) is 17.5 Å². The first-order valence-electron chi connectivity index (χ1n) is 10.7. The Bertz CT molecular complexity index is 952. The van der Waals surface area contributed by atoms with Gasteiger partial charge in [-0.25, -0.2) is 9.18 Å². The molecule has 0 heterocycles. The number of halogens is 1. The van der Waals surface area contributed by atoms with Crippen LogP contribution in [0.2, 0.25) is 0 Å². The van der Waals surface area contributed by atoms with Crippen LogP contribution < -0.4 is 5.32 Å². The molecule has 2 aromatic rings. The Hall–Kier alpha value is -3.02. The number of amides is 1. The largest absolute Gasteiger partial charge is 0.478 e. The number of carbonyl (C=O) groups excluding carboxylic acids is 2. The average Bonchev–Trinajstić information content (AvgIpc) is 2.67. The summed E-state index contributed by atoms with van der Waals surface area (Å²) in [6, 6.07) is 10.4. The molecule has 1 unspecified atom stereocenters. The van der Waals surface area contributed by atoms with Gasteiger partial charge in [-0.2, -0.15) is 0 Å². The number of rotatable bonds is 7. The standard InChI is InChI=1S/C23H24FNO4.C2H6/c1-13-6-3-11-18(19(13)23(28)29)20(14(2)26)22(27)25-21(15-7-4-8-15)16-9-5-10-17(24)12-16;1-2/h3,5-6,9-12,15,20-21H,4,7-8H2,1-2H3,(H,25,27)(H,28,29);1-2H3/t20?,21-;/m0./s1. The first kappa shape index (κ1) is 24.3. The van der Waals surface area contributed by atoms with E-state index in [2.05, 4.69) is 5.32 Å². The van der Waals surface area contributed by atoms with E-state index in [1.807, 2.05) is 13.8 Å². The molecule has 2 atom stereocenters. The maximum atomic E-state index is 13.8. The van der Waals surface area contributed by atoms with Gasteiger partial charge in [-0.05, 0) is 61.4 Å². The first-order chi connectivity index (χ1) is 14.8. The Morgan fingerprint density at radius 3 is 2.26 bits per heavy atom. The number of aromatic carboxylic acids is 1. The number of ketones is 1. The van der Waals surface area contributed by atoms with Gasteiger partial charge in [-0.1, -0.05) is 50.6 Å². The minimum absolute atomic E-state index is 0.0335. The first-order valence-corrected chi connectivity index (χ1v) is 10.7. The summed E-state index contributed by atoms with van der Waals surface area (Å²) >= 11 is 0. The summed E-state index contributed by atoms with van der Waals surface area (Å²) in [6.07, 6.45) is 2.83. The monoisotopic (exact) mass is 427 g/mol. The van der Waals surface area contributed by atoms with Gasteiger partial charge in [0, 0.05) is 0 Å². The van der Waals surface area contributed by atoms with Crippen LogP contribution in [0.5, 0.6) is 0 Å². The number of carboxylic acids is 1. The number of nitrogens with one attached hydrogen (secondary N) is 1.